The zero-order valence-corrected chi connectivity index (χ0v) is 14.4. The predicted octanol–water partition coefficient (Wildman–Crippen LogP) is 2.89. The Balaban J connectivity index is 2.04. The van der Waals surface area contributed by atoms with Gasteiger partial charge >= 0.3 is 6.18 Å². The van der Waals surface area contributed by atoms with Crippen LogP contribution in [0.25, 0.3) is 0 Å². The van der Waals surface area contributed by atoms with Crippen LogP contribution in [-0.4, -0.2) is 51.1 Å². The number of fused-ring (bicyclic) bond motifs is 1. The van der Waals surface area contributed by atoms with Crippen molar-refractivity contribution in [3.63, 3.8) is 0 Å². The normalized spacial score (nSPS) is 17.1. The van der Waals surface area contributed by atoms with E-state index in [2.05, 4.69) is 10.2 Å². The lowest BCUT2D eigenvalue weighted by Gasteiger charge is -2.19. The molecule has 0 aliphatic carbocycles. The molecule has 0 spiro atoms. The molecule has 1 unspecified atom stereocenters. The first-order chi connectivity index (χ1) is 11.4. The quantitative estimate of drug-likeness (QED) is 0.811. The lowest BCUT2D eigenvalue weighted by Crippen LogP contribution is -2.33. The molecule has 1 aromatic carbocycles. The molecule has 0 bridgehead atoms. The summed E-state index contributed by atoms with van der Waals surface area (Å²) in [4.78, 5) is 2.57. The van der Waals surface area contributed by atoms with Gasteiger partial charge in [-0.2, -0.15) is 18.4 Å². The maximum absolute atomic E-state index is 13.0. The van der Waals surface area contributed by atoms with Crippen molar-refractivity contribution in [3.8, 4) is 6.07 Å². The summed E-state index contributed by atoms with van der Waals surface area (Å²) in [6, 6.07) is 4.21. The van der Waals surface area contributed by atoms with Gasteiger partial charge in [-0.1, -0.05) is 6.07 Å². The van der Waals surface area contributed by atoms with E-state index in [4.69, 9.17) is 10.00 Å². The fraction of sp³-hybridized carbons (Fsp3) is 0.562. The van der Waals surface area contributed by atoms with Gasteiger partial charge in [0, 0.05) is 43.4 Å². The van der Waals surface area contributed by atoms with E-state index in [1.165, 1.54) is 17.8 Å². The fourth-order valence-electron chi connectivity index (χ4n) is 2.59. The second-order valence-corrected chi connectivity index (χ2v) is 6.66. The summed E-state index contributed by atoms with van der Waals surface area (Å²) in [5.74, 6) is 0.632. The number of benzene rings is 1. The Morgan fingerprint density at radius 3 is 2.79 bits per heavy atom. The average Bonchev–Trinajstić information content (AvgIpc) is 2.94. The van der Waals surface area contributed by atoms with E-state index in [0.717, 1.165) is 24.7 Å². The Kier molecular flexibility index (Phi) is 6.52. The number of nitrogens with zero attached hydrogens (tertiary/aromatic N) is 2. The Morgan fingerprint density at radius 2 is 2.17 bits per heavy atom. The van der Waals surface area contributed by atoms with E-state index in [9.17, 15) is 13.2 Å². The van der Waals surface area contributed by atoms with E-state index < -0.39 is 11.7 Å². The van der Waals surface area contributed by atoms with Gasteiger partial charge in [0.15, 0.2) is 0 Å². The largest absolute Gasteiger partial charge is 0.417 e. The molecular weight excluding hydrogens is 339 g/mol. The molecule has 0 fully saturated rings. The van der Waals surface area contributed by atoms with Crippen LogP contribution >= 0.6 is 11.8 Å². The van der Waals surface area contributed by atoms with Gasteiger partial charge < -0.3 is 15.0 Å². The molecule has 1 heterocycles. The Bertz CT molecular complexity index is 616. The number of rotatable bonds is 7. The van der Waals surface area contributed by atoms with Crippen LogP contribution in [0.15, 0.2) is 17.0 Å². The zero-order chi connectivity index (χ0) is 17.7. The lowest BCUT2D eigenvalue weighted by molar-refractivity contribution is -0.137. The lowest BCUT2D eigenvalue weighted by atomic mass is 10.0. The maximum Gasteiger partial charge on any atom is 0.417 e. The molecule has 0 radical (unpaired) electrons. The Labute approximate surface area is 144 Å². The highest BCUT2D eigenvalue weighted by Gasteiger charge is 2.37. The first kappa shape index (κ1) is 19.1. The van der Waals surface area contributed by atoms with Crippen molar-refractivity contribution in [3.05, 3.63) is 28.8 Å². The standard InChI is InChI=1S/C16H20F3N3OS/c1-22(7-8-23-2)6-5-21-14-10-24-15-11(14)3-4-13(12(15)9-20)16(17,18)19/h3-4,14,21H,5-8,10H2,1-2H3. The summed E-state index contributed by atoms with van der Waals surface area (Å²) in [5.41, 5.74) is -0.327. The van der Waals surface area contributed by atoms with E-state index in [0.29, 0.717) is 23.8 Å². The summed E-state index contributed by atoms with van der Waals surface area (Å²) in [5, 5.41) is 12.5. The smallest absolute Gasteiger partial charge is 0.383 e. The van der Waals surface area contributed by atoms with Crippen LogP contribution in [0, 0.1) is 11.3 Å². The molecule has 1 aromatic rings. The molecule has 0 amide bonds. The van der Waals surface area contributed by atoms with E-state index in [-0.39, 0.29) is 11.6 Å². The SMILES string of the molecule is COCCN(C)CCNC1CSc2c1ccc(C(F)(F)F)c2C#N. The minimum atomic E-state index is -4.50. The molecular formula is C16H20F3N3OS. The molecule has 0 saturated heterocycles. The predicted molar refractivity (Wildman–Crippen MR) is 87.0 cm³/mol. The highest BCUT2D eigenvalue weighted by Crippen LogP contribution is 2.44. The van der Waals surface area contributed by atoms with Crippen LogP contribution in [0.3, 0.4) is 0 Å². The Hall–Kier alpha value is -1.27. The molecule has 1 aliphatic heterocycles. The van der Waals surface area contributed by atoms with Gasteiger partial charge in [-0.25, -0.2) is 0 Å². The van der Waals surface area contributed by atoms with E-state index in [1.54, 1.807) is 13.2 Å². The average molecular weight is 359 g/mol. The van der Waals surface area contributed by atoms with Gasteiger partial charge in [0.1, 0.15) is 6.07 Å². The third kappa shape index (κ3) is 4.42. The number of likely N-dealkylation sites (N-methyl/N-ethyl adjacent to an activating group) is 1. The molecule has 8 heteroatoms. The number of halogens is 3. The summed E-state index contributed by atoms with van der Waals surface area (Å²) < 4.78 is 44.0. The van der Waals surface area contributed by atoms with Crippen LogP contribution in [0.2, 0.25) is 0 Å². The molecule has 4 nitrogen and oxygen atoms in total. The third-order valence-corrected chi connectivity index (χ3v) is 5.16. The number of thioether (sulfide) groups is 1. The Morgan fingerprint density at radius 1 is 1.42 bits per heavy atom. The maximum atomic E-state index is 13.0. The van der Waals surface area contributed by atoms with Crippen LogP contribution < -0.4 is 5.32 Å². The molecule has 0 aromatic heterocycles. The number of nitrogens with one attached hydrogen (secondary N) is 1. The van der Waals surface area contributed by atoms with Gasteiger partial charge in [0.2, 0.25) is 0 Å². The fourth-order valence-corrected chi connectivity index (χ4v) is 3.90. The van der Waals surface area contributed by atoms with Gasteiger partial charge in [-0.15, -0.1) is 11.8 Å². The molecule has 2 rings (SSSR count). The van der Waals surface area contributed by atoms with Crippen molar-refractivity contribution < 1.29 is 17.9 Å². The number of hydrogen-bond acceptors (Lipinski definition) is 5. The number of alkyl halides is 3. The van der Waals surface area contributed by atoms with E-state index >= 15 is 0 Å². The zero-order valence-electron chi connectivity index (χ0n) is 13.6. The topological polar surface area (TPSA) is 48.3 Å². The van der Waals surface area contributed by atoms with E-state index in [1.807, 2.05) is 7.05 Å². The van der Waals surface area contributed by atoms with Gasteiger partial charge in [0.05, 0.1) is 17.7 Å². The molecule has 1 N–H and O–H groups in total. The van der Waals surface area contributed by atoms with Crippen molar-refractivity contribution >= 4 is 11.8 Å². The molecule has 1 atom stereocenters. The van der Waals surface area contributed by atoms with Crippen molar-refractivity contribution in [2.24, 2.45) is 0 Å². The van der Waals surface area contributed by atoms with Crippen molar-refractivity contribution in [1.29, 1.82) is 5.26 Å². The number of nitriles is 1. The van der Waals surface area contributed by atoms with Crippen LogP contribution in [0.1, 0.15) is 22.7 Å². The second kappa shape index (κ2) is 8.21. The molecule has 1 aliphatic rings. The highest BCUT2D eigenvalue weighted by atomic mass is 32.2. The summed E-state index contributed by atoms with van der Waals surface area (Å²) in [6.07, 6.45) is -4.50. The van der Waals surface area contributed by atoms with Crippen molar-refractivity contribution in [2.75, 3.05) is 46.2 Å². The second-order valence-electron chi connectivity index (χ2n) is 5.63. The summed E-state index contributed by atoms with van der Waals surface area (Å²) in [6.45, 7) is 3.01. The molecule has 0 saturated carbocycles. The third-order valence-electron chi connectivity index (χ3n) is 3.94. The number of hydrogen-bond donors (Lipinski definition) is 1. The summed E-state index contributed by atoms with van der Waals surface area (Å²) >= 11 is 1.31. The van der Waals surface area contributed by atoms with Gasteiger partial charge in [0.25, 0.3) is 0 Å². The minimum Gasteiger partial charge on any atom is -0.383 e. The van der Waals surface area contributed by atoms with Gasteiger partial charge in [-0.05, 0) is 18.7 Å². The molecule has 132 valence electrons. The number of methoxy groups -OCH3 is 1. The molecule has 24 heavy (non-hydrogen) atoms. The van der Waals surface area contributed by atoms with Crippen molar-refractivity contribution in [1.82, 2.24) is 10.2 Å². The number of ether oxygens (including phenoxy) is 1. The monoisotopic (exact) mass is 359 g/mol. The van der Waals surface area contributed by atoms with Crippen LogP contribution in [0.4, 0.5) is 13.2 Å². The first-order valence-corrected chi connectivity index (χ1v) is 8.55. The highest BCUT2D eigenvalue weighted by molar-refractivity contribution is 7.99. The van der Waals surface area contributed by atoms with Crippen LogP contribution in [-0.2, 0) is 10.9 Å². The van der Waals surface area contributed by atoms with Crippen LogP contribution in [0.5, 0.6) is 0 Å². The minimum absolute atomic E-state index is 0.0322. The first-order valence-electron chi connectivity index (χ1n) is 7.56. The summed E-state index contributed by atoms with van der Waals surface area (Å²) in [7, 11) is 3.64. The van der Waals surface area contributed by atoms with Crippen molar-refractivity contribution in [2.45, 2.75) is 17.1 Å². The van der Waals surface area contributed by atoms with Gasteiger partial charge in [-0.3, -0.25) is 0 Å².